The molecule has 1 saturated carbocycles. The average Bonchev–Trinajstić information content (AvgIpc) is 3.36. The van der Waals surface area contributed by atoms with Gasteiger partial charge in [-0.25, -0.2) is 0 Å². The Morgan fingerprint density at radius 2 is 1.85 bits per heavy atom. The Morgan fingerprint density at radius 3 is 2.50 bits per heavy atom. The Hall–Kier alpha value is -1.37. The van der Waals surface area contributed by atoms with Crippen molar-refractivity contribution >= 4 is 7.12 Å². The summed E-state index contributed by atoms with van der Waals surface area (Å²) in [6.07, 6.45) is 7.14. The second kappa shape index (κ2) is 6.36. The van der Waals surface area contributed by atoms with Gasteiger partial charge in [-0.05, 0) is 64.4 Å². The zero-order chi connectivity index (χ0) is 18.5. The number of pyridine rings is 1. The van der Waals surface area contributed by atoms with Crippen molar-refractivity contribution < 1.29 is 14.0 Å². The second-order valence-electron chi connectivity index (χ2n) is 8.77. The molecule has 26 heavy (non-hydrogen) atoms. The van der Waals surface area contributed by atoms with Gasteiger partial charge in [-0.1, -0.05) is 6.08 Å². The molecule has 0 radical (unpaired) electrons. The third kappa shape index (κ3) is 3.42. The SMILES string of the molecule is CC1(C)OB(C2=CC(c3ccc(=O)n(CC4CC4)c3)OCC2)OC1(C)C. The van der Waals surface area contributed by atoms with E-state index < -0.39 is 0 Å². The van der Waals surface area contributed by atoms with Crippen molar-refractivity contribution in [2.75, 3.05) is 6.61 Å². The number of nitrogens with zero attached hydrogens (tertiary/aromatic N) is 1. The molecule has 0 aromatic carbocycles. The minimum atomic E-state index is -0.343. The largest absolute Gasteiger partial charge is 0.490 e. The Morgan fingerprint density at radius 1 is 1.15 bits per heavy atom. The topological polar surface area (TPSA) is 49.7 Å². The molecule has 1 saturated heterocycles. The smallest absolute Gasteiger partial charge is 0.400 e. The third-order valence-corrected chi connectivity index (χ3v) is 6.10. The van der Waals surface area contributed by atoms with E-state index >= 15 is 0 Å². The predicted octanol–water partition coefficient (Wildman–Crippen LogP) is 3.28. The molecule has 2 aliphatic heterocycles. The zero-order valence-corrected chi connectivity index (χ0v) is 16.2. The normalized spacial score (nSPS) is 27.5. The predicted molar refractivity (Wildman–Crippen MR) is 101 cm³/mol. The summed E-state index contributed by atoms with van der Waals surface area (Å²) in [5.74, 6) is 0.658. The first-order valence-corrected chi connectivity index (χ1v) is 9.63. The van der Waals surface area contributed by atoms with Crippen LogP contribution in [0.1, 0.15) is 58.6 Å². The van der Waals surface area contributed by atoms with Gasteiger partial charge in [-0.2, -0.15) is 0 Å². The van der Waals surface area contributed by atoms with Crippen LogP contribution >= 0.6 is 0 Å². The molecule has 5 nitrogen and oxygen atoms in total. The van der Waals surface area contributed by atoms with E-state index in [9.17, 15) is 4.79 Å². The zero-order valence-electron chi connectivity index (χ0n) is 16.2. The minimum absolute atomic E-state index is 0.0617. The third-order valence-electron chi connectivity index (χ3n) is 6.10. The molecule has 0 N–H and O–H groups in total. The lowest BCUT2D eigenvalue weighted by atomic mass is 9.74. The second-order valence-corrected chi connectivity index (χ2v) is 8.77. The summed E-state index contributed by atoms with van der Waals surface area (Å²) in [5.41, 5.74) is 1.51. The van der Waals surface area contributed by atoms with Gasteiger partial charge in [0.1, 0.15) is 6.10 Å². The van der Waals surface area contributed by atoms with Gasteiger partial charge in [-0.15, -0.1) is 0 Å². The van der Waals surface area contributed by atoms with Crippen LogP contribution in [-0.4, -0.2) is 29.5 Å². The number of hydrogen-bond acceptors (Lipinski definition) is 4. The summed E-state index contributed by atoms with van der Waals surface area (Å²) in [4.78, 5) is 12.1. The molecule has 140 valence electrons. The Bertz CT molecular complexity index is 762. The number of rotatable bonds is 4. The number of hydrogen-bond donors (Lipinski definition) is 0. The number of aromatic nitrogens is 1. The molecule has 6 heteroatoms. The van der Waals surface area contributed by atoms with Gasteiger partial charge in [0.2, 0.25) is 0 Å². The van der Waals surface area contributed by atoms with E-state index in [4.69, 9.17) is 14.0 Å². The molecule has 1 aromatic rings. The lowest BCUT2D eigenvalue weighted by molar-refractivity contribution is 0.00578. The molecular formula is C20H28BNO4. The van der Waals surface area contributed by atoms with Crippen LogP contribution < -0.4 is 5.56 Å². The molecule has 1 aliphatic carbocycles. The summed E-state index contributed by atoms with van der Waals surface area (Å²) in [7, 11) is -0.330. The molecule has 0 spiro atoms. The first kappa shape index (κ1) is 18.0. The first-order chi connectivity index (χ1) is 12.2. The highest BCUT2D eigenvalue weighted by Gasteiger charge is 2.52. The molecular weight excluding hydrogens is 329 g/mol. The molecule has 1 unspecified atom stereocenters. The van der Waals surface area contributed by atoms with Crippen LogP contribution in [0.4, 0.5) is 0 Å². The van der Waals surface area contributed by atoms with Crippen molar-refractivity contribution in [2.45, 2.75) is 70.8 Å². The Labute approximate surface area is 155 Å². The maximum atomic E-state index is 12.1. The van der Waals surface area contributed by atoms with Crippen molar-refractivity contribution in [1.29, 1.82) is 0 Å². The van der Waals surface area contributed by atoms with Gasteiger partial charge >= 0.3 is 7.12 Å². The van der Waals surface area contributed by atoms with Crippen molar-refractivity contribution in [1.82, 2.24) is 4.57 Å². The molecule has 3 aliphatic rings. The van der Waals surface area contributed by atoms with Gasteiger partial charge in [0.15, 0.2) is 0 Å². The Balaban J connectivity index is 1.56. The van der Waals surface area contributed by atoms with E-state index in [1.54, 1.807) is 6.07 Å². The molecule has 1 atom stereocenters. The summed E-state index contributed by atoms with van der Waals surface area (Å²) in [5, 5.41) is 0. The van der Waals surface area contributed by atoms with Crippen LogP contribution in [0.5, 0.6) is 0 Å². The highest BCUT2D eigenvalue weighted by molar-refractivity contribution is 6.54. The van der Waals surface area contributed by atoms with Crippen LogP contribution in [0.2, 0.25) is 0 Å². The van der Waals surface area contributed by atoms with Crippen LogP contribution in [-0.2, 0) is 20.6 Å². The monoisotopic (exact) mass is 357 g/mol. The fraction of sp³-hybridized carbons (Fsp3) is 0.650. The van der Waals surface area contributed by atoms with Gasteiger partial charge in [0, 0.05) is 24.4 Å². The minimum Gasteiger partial charge on any atom is -0.400 e. The van der Waals surface area contributed by atoms with Crippen molar-refractivity contribution in [3.63, 3.8) is 0 Å². The lowest BCUT2D eigenvalue weighted by Crippen LogP contribution is -2.41. The maximum Gasteiger partial charge on any atom is 0.490 e. The van der Waals surface area contributed by atoms with Crippen molar-refractivity contribution in [2.24, 2.45) is 5.92 Å². The van der Waals surface area contributed by atoms with Crippen LogP contribution in [0.15, 0.2) is 34.7 Å². The van der Waals surface area contributed by atoms with E-state index in [0.717, 1.165) is 24.0 Å². The Kier molecular flexibility index (Phi) is 4.41. The summed E-state index contributed by atoms with van der Waals surface area (Å²) < 4.78 is 20.2. The first-order valence-electron chi connectivity index (χ1n) is 9.63. The molecule has 2 fully saturated rings. The average molecular weight is 357 g/mol. The van der Waals surface area contributed by atoms with Gasteiger partial charge in [0.05, 0.1) is 17.8 Å². The van der Waals surface area contributed by atoms with E-state index in [1.807, 2.05) is 16.8 Å². The molecule has 3 heterocycles. The van der Waals surface area contributed by atoms with Gasteiger partial charge in [-0.3, -0.25) is 4.79 Å². The maximum absolute atomic E-state index is 12.1. The quantitative estimate of drug-likeness (QED) is 0.776. The molecule has 1 aromatic heterocycles. The van der Waals surface area contributed by atoms with E-state index in [1.165, 1.54) is 12.8 Å². The lowest BCUT2D eigenvalue weighted by Gasteiger charge is -2.32. The van der Waals surface area contributed by atoms with Gasteiger partial charge in [0.25, 0.3) is 5.56 Å². The summed E-state index contributed by atoms with van der Waals surface area (Å²) >= 11 is 0. The number of ether oxygens (including phenoxy) is 1. The van der Waals surface area contributed by atoms with Crippen molar-refractivity contribution in [3.05, 3.63) is 45.8 Å². The molecule has 0 bridgehead atoms. The van der Waals surface area contributed by atoms with E-state index in [2.05, 4.69) is 33.8 Å². The van der Waals surface area contributed by atoms with Gasteiger partial charge < -0.3 is 18.6 Å². The highest BCUT2D eigenvalue weighted by Crippen LogP contribution is 2.40. The molecule has 4 rings (SSSR count). The fourth-order valence-corrected chi connectivity index (χ4v) is 3.45. The van der Waals surface area contributed by atoms with E-state index in [-0.39, 0.29) is 30.0 Å². The standard InChI is InChI=1S/C20H28BNO4/c1-19(2)20(3,4)26-21(25-19)16-9-10-24-17(11-16)15-7-8-18(23)22(13-15)12-14-5-6-14/h7-8,11,13-14,17H,5-6,9-10,12H2,1-4H3. The summed E-state index contributed by atoms with van der Waals surface area (Å²) in [6.45, 7) is 9.71. The van der Waals surface area contributed by atoms with E-state index in [0.29, 0.717) is 12.5 Å². The van der Waals surface area contributed by atoms with Crippen LogP contribution in [0.3, 0.4) is 0 Å². The fourth-order valence-electron chi connectivity index (χ4n) is 3.45. The summed E-state index contributed by atoms with van der Waals surface area (Å²) in [6, 6.07) is 3.53. The highest BCUT2D eigenvalue weighted by atomic mass is 16.7. The molecule has 0 amide bonds. The van der Waals surface area contributed by atoms with Crippen LogP contribution in [0, 0.1) is 5.92 Å². The van der Waals surface area contributed by atoms with Crippen LogP contribution in [0.25, 0.3) is 0 Å². The van der Waals surface area contributed by atoms with Crippen molar-refractivity contribution in [3.8, 4) is 0 Å².